The van der Waals surface area contributed by atoms with Gasteiger partial charge in [0.2, 0.25) is 11.8 Å². The van der Waals surface area contributed by atoms with E-state index in [1.54, 1.807) is 0 Å². The summed E-state index contributed by atoms with van der Waals surface area (Å²) in [5, 5.41) is 14.3. The Hall–Kier alpha value is -2.70. The van der Waals surface area contributed by atoms with E-state index in [1.807, 2.05) is 4.90 Å². The van der Waals surface area contributed by atoms with Gasteiger partial charge in [-0.25, -0.2) is 0 Å². The average Bonchev–Trinajstić information content (AvgIpc) is 2.98. The summed E-state index contributed by atoms with van der Waals surface area (Å²) >= 11 is 0. The number of piperazine rings is 1. The van der Waals surface area contributed by atoms with Gasteiger partial charge in [0.1, 0.15) is 11.6 Å². The van der Waals surface area contributed by atoms with E-state index in [4.69, 9.17) is 0 Å². The number of nitrogens with zero attached hydrogens (tertiary/aromatic N) is 2. The van der Waals surface area contributed by atoms with Crippen LogP contribution in [-0.4, -0.2) is 70.1 Å². The second-order valence-electron chi connectivity index (χ2n) is 12.4. The topological polar surface area (TPSA) is 72.9 Å². The third kappa shape index (κ3) is 6.28. The number of amides is 2. The van der Waals surface area contributed by atoms with E-state index in [-0.39, 0.29) is 11.8 Å². The van der Waals surface area contributed by atoms with Gasteiger partial charge in [0.15, 0.2) is 0 Å². The molecule has 2 N–H and O–H groups in total. The van der Waals surface area contributed by atoms with Crippen molar-refractivity contribution < 1.29 is 14.7 Å². The first-order valence-electron chi connectivity index (χ1n) is 15.6. The minimum atomic E-state index is -0.843. The Morgan fingerprint density at radius 2 is 1.48 bits per heavy atom. The van der Waals surface area contributed by atoms with Crippen LogP contribution in [-0.2, 0) is 9.59 Å². The maximum Gasteiger partial charge on any atom is 0.246 e. The Morgan fingerprint density at radius 1 is 0.875 bits per heavy atom. The van der Waals surface area contributed by atoms with Crippen molar-refractivity contribution in [2.45, 2.75) is 101 Å². The summed E-state index contributed by atoms with van der Waals surface area (Å²) in [6.45, 7) is 5.29. The molecule has 1 aliphatic carbocycles. The van der Waals surface area contributed by atoms with Crippen molar-refractivity contribution in [3.63, 3.8) is 0 Å². The number of hydrogen-bond acceptors (Lipinski definition) is 4. The van der Waals surface area contributed by atoms with Gasteiger partial charge in [0.05, 0.1) is 5.60 Å². The largest absolute Gasteiger partial charge is 0.390 e. The summed E-state index contributed by atoms with van der Waals surface area (Å²) in [6, 6.07) is 20.8. The lowest BCUT2D eigenvalue weighted by molar-refractivity contribution is -0.163. The predicted molar refractivity (Wildman–Crippen MR) is 159 cm³/mol. The maximum absolute atomic E-state index is 13.9. The molecule has 2 amide bonds. The fourth-order valence-electron chi connectivity index (χ4n) is 7.30. The molecule has 3 aliphatic rings. The molecule has 6 heteroatoms. The summed E-state index contributed by atoms with van der Waals surface area (Å²) < 4.78 is 0. The van der Waals surface area contributed by atoms with Gasteiger partial charge in [-0.2, -0.15) is 0 Å². The smallest absolute Gasteiger partial charge is 0.246 e. The van der Waals surface area contributed by atoms with Gasteiger partial charge in [-0.1, -0.05) is 93.3 Å². The second kappa shape index (κ2) is 12.9. The SMILES string of the molecule is CCCCN1C(=O)[C@@H](CC2(O)CCCCC2)NC(=O)C12CCN(CCC(c1ccccc1)c1ccccc1)CC2. The number of hydrogen-bond donors (Lipinski definition) is 2. The molecule has 2 aromatic carbocycles. The van der Waals surface area contributed by atoms with Crippen molar-refractivity contribution in [3.05, 3.63) is 71.8 Å². The minimum absolute atomic E-state index is 0.00807. The standard InChI is InChI=1S/C34H47N3O3/c1-2-3-22-37-31(38)30(26-33(40)18-11-6-12-19-33)35-32(39)34(37)20-24-36(25-21-34)23-17-29(27-13-7-4-8-14-27)28-15-9-5-10-16-28/h4-5,7-10,13-16,29-30,40H,2-3,6,11-12,17-26H2,1H3,(H,35,39)/t30-/m1/s1. The summed E-state index contributed by atoms with van der Waals surface area (Å²) in [7, 11) is 0. The average molecular weight is 546 g/mol. The molecule has 5 rings (SSSR count). The van der Waals surface area contributed by atoms with Crippen molar-refractivity contribution in [2.75, 3.05) is 26.2 Å². The molecule has 2 heterocycles. The molecule has 0 radical (unpaired) electrons. The summed E-state index contributed by atoms with van der Waals surface area (Å²) in [5.41, 5.74) is 1.04. The highest BCUT2D eigenvalue weighted by molar-refractivity contribution is 6.00. The van der Waals surface area contributed by atoms with Gasteiger partial charge in [-0.3, -0.25) is 9.59 Å². The third-order valence-electron chi connectivity index (χ3n) is 9.73. The van der Waals surface area contributed by atoms with E-state index in [1.165, 1.54) is 11.1 Å². The molecular formula is C34H47N3O3. The third-order valence-corrected chi connectivity index (χ3v) is 9.73. The number of rotatable bonds is 10. The normalized spacial score (nSPS) is 23.0. The van der Waals surface area contributed by atoms with E-state index in [9.17, 15) is 14.7 Å². The molecule has 0 unspecified atom stereocenters. The van der Waals surface area contributed by atoms with E-state index < -0.39 is 17.2 Å². The highest BCUT2D eigenvalue weighted by Gasteiger charge is 2.54. The lowest BCUT2D eigenvalue weighted by Crippen LogP contribution is -2.73. The molecular weight excluding hydrogens is 498 g/mol. The van der Waals surface area contributed by atoms with Crippen molar-refractivity contribution >= 4 is 11.8 Å². The quantitative estimate of drug-likeness (QED) is 0.428. The molecule has 2 aromatic rings. The molecule has 3 fully saturated rings. The van der Waals surface area contributed by atoms with Crippen LogP contribution in [0.15, 0.2) is 60.7 Å². The van der Waals surface area contributed by atoms with E-state index in [2.05, 4.69) is 77.8 Å². The molecule has 1 atom stereocenters. The zero-order chi connectivity index (χ0) is 28.0. The highest BCUT2D eigenvalue weighted by Crippen LogP contribution is 2.38. The Kier molecular flexibility index (Phi) is 9.27. The van der Waals surface area contributed by atoms with Crippen LogP contribution in [0.4, 0.5) is 0 Å². The van der Waals surface area contributed by atoms with Crippen LogP contribution in [0, 0.1) is 0 Å². The predicted octanol–water partition coefficient (Wildman–Crippen LogP) is 5.26. The number of carbonyl (C=O) groups is 2. The number of benzene rings is 2. The molecule has 6 nitrogen and oxygen atoms in total. The Bertz CT molecular complexity index is 1070. The number of aliphatic hydroxyl groups is 1. The van der Waals surface area contributed by atoms with Gasteiger partial charge in [0.25, 0.3) is 0 Å². The van der Waals surface area contributed by atoms with E-state index in [0.29, 0.717) is 44.6 Å². The highest BCUT2D eigenvalue weighted by atomic mass is 16.3. The molecule has 0 bridgehead atoms. The van der Waals surface area contributed by atoms with Crippen LogP contribution in [0.25, 0.3) is 0 Å². The number of unbranched alkanes of at least 4 members (excludes halogenated alkanes) is 1. The summed E-state index contributed by atoms with van der Waals surface area (Å²) in [4.78, 5) is 32.0. The van der Waals surface area contributed by atoms with Crippen LogP contribution in [0.1, 0.15) is 94.6 Å². The van der Waals surface area contributed by atoms with Crippen LogP contribution in [0.5, 0.6) is 0 Å². The molecule has 2 saturated heterocycles. The van der Waals surface area contributed by atoms with Gasteiger partial charge in [-0.15, -0.1) is 0 Å². The van der Waals surface area contributed by atoms with Gasteiger partial charge < -0.3 is 20.2 Å². The lowest BCUT2D eigenvalue weighted by Gasteiger charge is -2.52. The van der Waals surface area contributed by atoms with Gasteiger partial charge in [-0.05, 0) is 56.2 Å². The van der Waals surface area contributed by atoms with Crippen molar-refractivity contribution in [1.82, 2.24) is 15.1 Å². The fourth-order valence-corrected chi connectivity index (χ4v) is 7.30. The Morgan fingerprint density at radius 3 is 2.05 bits per heavy atom. The lowest BCUT2D eigenvalue weighted by atomic mass is 9.77. The minimum Gasteiger partial charge on any atom is -0.390 e. The van der Waals surface area contributed by atoms with Crippen molar-refractivity contribution in [1.29, 1.82) is 0 Å². The van der Waals surface area contributed by atoms with Crippen LogP contribution < -0.4 is 5.32 Å². The molecule has 0 aromatic heterocycles. The molecule has 216 valence electrons. The maximum atomic E-state index is 13.9. The van der Waals surface area contributed by atoms with Crippen molar-refractivity contribution in [2.24, 2.45) is 0 Å². The zero-order valence-corrected chi connectivity index (χ0v) is 24.2. The van der Waals surface area contributed by atoms with Crippen molar-refractivity contribution in [3.8, 4) is 0 Å². The zero-order valence-electron chi connectivity index (χ0n) is 24.2. The van der Waals surface area contributed by atoms with Crippen LogP contribution in [0.3, 0.4) is 0 Å². The molecule has 1 saturated carbocycles. The fraction of sp³-hybridized carbons (Fsp3) is 0.588. The second-order valence-corrected chi connectivity index (χ2v) is 12.4. The monoisotopic (exact) mass is 545 g/mol. The number of carbonyl (C=O) groups excluding carboxylic acids is 2. The Labute approximate surface area is 240 Å². The molecule has 40 heavy (non-hydrogen) atoms. The number of likely N-dealkylation sites (tertiary alicyclic amines) is 1. The van der Waals surface area contributed by atoms with E-state index in [0.717, 1.165) is 58.2 Å². The Balaban J connectivity index is 1.25. The van der Waals surface area contributed by atoms with Gasteiger partial charge in [0, 0.05) is 32.0 Å². The van der Waals surface area contributed by atoms with Crippen LogP contribution >= 0.6 is 0 Å². The first kappa shape index (κ1) is 28.8. The molecule has 2 aliphatic heterocycles. The van der Waals surface area contributed by atoms with Crippen LogP contribution in [0.2, 0.25) is 0 Å². The first-order chi connectivity index (χ1) is 19.4. The van der Waals surface area contributed by atoms with E-state index >= 15 is 0 Å². The number of nitrogens with one attached hydrogen (secondary N) is 1. The summed E-state index contributed by atoms with van der Waals surface area (Å²) in [6.07, 6.45) is 9.06. The number of piperidine rings is 1. The van der Waals surface area contributed by atoms with Gasteiger partial charge >= 0.3 is 0 Å². The summed E-state index contributed by atoms with van der Waals surface area (Å²) in [5.74, 6) is 0.317. The molecule has 1 spiro atoms. The first-order valence-corrected chi connectivity index (χ1v) is 15.6.